The summed E-state index contributed by atoms with van der Waals surface area (Å²) in [6.07, 6.45) is 0. The van der Waals surface area contributed by atoms with E-state index in [0.29, 0.717) is 17.2 Å². The lowest BCUT2D eigenvalue weighted by Gasteiger charge is -2.17. The highest BCUT2D eigenvalue weighted by Crippen LogP contribution is 2.35. The van der Waals surface area contributed by atoms with Crippen molar-refractivity contribution in [3.8, 4) is 5.75 Å². The van der Waals surface area contributed by atoms with Gasteiger partial charge in [-0.1, -0.05) is 17.7 Å². The summed E-state index contributed by atoms with van der Waals surface area (Å²) >= 11 is 0. The van der Waals surface area contributed by atoms with Crippen LogP contribution in [0.4, 0.5) is 5.88 Å². The van der Waals surface area contributed by atoms with Crippen molar-refractivity contribution in [2.24, 2.45) is 0 Å². The van der Waals surface area contributed by atoms with E-state index < -0.39 is 10.0 Å². The summed E-state index contributed by atoms with van der Waals surface area (Å²) in [5, 5.41) is 0.858. The molecule has 0 unspecified atom stereocenters. The molecule has 24 heavy (non-hydrogen) atoms. The van der Waals surface area contributed by atoms with Gasteiger partial charge in [0.1, 0.15) is 11.3 Å². The molecule has 0 saturated heterocycles. The third-order valence-electron chi connectivity index (χ3n) is 4.09. The number of hydrogen-bond acceptors (Lipinski definition) is 4. The minimum absolute atomic E-state index is 0.230. The van der Waals surface area contributed by atoms with Crippen LogP contribution >= 0.6 is 0 Å². The zero-order valence-corrected chi connectivity index (χ0v) is 14.8. The highest BCUT2D eigenvalue weighted by molar-refractivity contribution is 7.92. The number of anilines is 1. The van der Waals surface area contributed by atoms with E-state index in [4.69, 9.17) is 9.15 Å². The molecule has 0 atom stereocenters. The molecule has 0 amide bonds. The van der Waals surface area contributed by atoms with Gasteiger partial charge in [-0.25, -0.2) is 12.7 Å². The molecule has 1 heterocycles. The van der Waals surface area contributed by atoms with Gasteiger partial charge in [-0.15, -0.1) is 0 Å². The zero-order chi connectivity index (χ0) is 17.5. The van der Waals surface area contributed by atoms with E-state index in [9.17, 15) is 8.42 Å². The van der Waals surface area contributed by atoms with Gasteiger partial charge in [0, 0.05) is 24.1 Å². The molecular weight excluding hydrogens is 326 g/mol. The molecule has 3 rings (SSSR count). The molecule has 0 aliphatic heterocycles. The van der Waals surface area contributed by atoms with Crippen LogP contribution in [0.3, 0.4) is 0 Å². The Bertz CT molecular complexity index is 988. The molecule has 3 aromatic rings. The molecule has 5 nitrogen and oxygen atoms in total. The van der Waals surface area contributed by atoms with Gasteiger partial charge in [0.05, 0.1) is 12.0 Å². The van der Waals surface area contributed by atoms with Crippen molar-refractivity contribution in [3.05, 3.63) is 53.6 Å². The summed E-state index contributed by atoms with van der Waals surface area (Å²) in [7, 11) is -0.614. The number of nitrogens with zero attached hydrogens (tertiary/aromatic N) is 1. The van der Waals surface area contributed by atoms with E-state index in [-0.39, 0.29) is 4.90 Å². The van der Waals surface area contributed by atoms with Crippen molar-refractivity contribution in [2.45, 2.75) is 18.7 Å². The van der Waals surface area contributed by atoms with Gasteiger partial charge in [0.2, 0.25) is 5.88 Å². The number of sulfonamides is 1. The first-order chi connectivity index (χ1) is 11.3. The second-order valence-corrected chi connectivity index (χ2v) is 7.65. The molecule has 0 aliphatic rings. The number of aryl methyl sites for hydroxylation is 2. The van der Waals surface area contributed by atoms with Gasteiger partial charge < -0.3 is 9.15 Å². The van der Waals surface area contributed by atoms with Crippen LogP contribution in [0.2, 0.25) is 0 Å². The van der Waals surface area contributed by atoms with Gasteiger partial charge >= 0.3 is 0 Å². The number of methoxy groups -OCH3 is 1. The van der Waals surface area contributed by atoms with Crippen LogP contribution in [-0.4, -0.2) is 22.6 Å². The summed E-state index contributed by atoms with van der Waals surface area (Å²) in [6.45, 7) is 3.76. The topological polar surface area (TPSA) is 59.8 Å². The first-order valence-corrected chi connectivity index (χ1v) is 8.91. The smallest absolute Gasteiger partial charge is 0.266 e. The Morgan fingerprint density at radius 2 is 1.71 bits per heavy atom. The Morgan fingerprint density at radius 3 is 2.33 bits per heavy atom. The maximum atomic E-state index is 12.8. The predicted molar refractivity (Wildman–Crippen MR) is 94.3 cm³/mol. The molecule has 2 aromatic carbocycles. The standard InChI is InChI=1S/C18H19NO4S/c1-12-5-8-15(9-6-12)24(20,21)19(3)18-13(2)16-10-7-14(22-4)11-17(16)23-18/h5-11H,1-4H3. The fourth-order valence-electron chi connectivity index (χ4n) is 2.60. The Morgan fingerprint density at radius 1 is 1.04 bits per heavy atom. The highest BCUT2D eigenvalue weighted by Gasteiger charge is 2.26. The second kappa shape index (κ2) is 5.87. The molecule has 0 N–H and O–H groups in total. The van der Waals surface area contributed by atoms with Crippen LogP contribution in [0.1, 0.15) is 11.1 Å². The first kappa shape index (κ1) is 16.4. The van der Waals surface area contributed by atoms with Crippen molar-refractivity contribution in [1.82, 2.24) is 0 Å². The minimum atomic E-state index is -3.69. The third-order valence-corrected chi connectivity index (χ3v) is 5.84. The van der Waals surface area contributed by atoms with Crippen LogP contribution in [0.25, 0.3) is 11.0 Å². The van der Waals surface area contributed by atoms with Crippen molar-refractivity contribution < 1.29 is 17.6 Å². The number of fused-ring (bicyclic) bond motifs is 1. The van der Waals surface area contributed by atoms with Crippen molar-refractivity contribution in [2.75, 3.05) is 18.5 Å². The van der Waals surface area contributed by atoms with Gasteiger partial charge in [-0.05, 0) is 38.1 Å². The fourth-order valence-corrected chi connectivity index (χ4v) is 3.79. The van der Waals surface area contributed by atoms with Crippen molar-refractivity contribution >= 4 is 26.9 Å². The number of benzene rings is 2. The largest absolute Gasteiger partial charge is 0.497 e. The van der Waals surface area contributed by atoms with Gasteiger partial charge in [0.25, 0.3) is 10.0 Å². The summed E-state index contributed by atoms with van der Waals surface area (Å²) < 4.78 is 37.8. The molecule has 0 fully saturated rings. The lowest BCUT2D eigenvalue weighted by Crippen LogP contribution is -2.26. The van der Waals surface area contributed by atoms with Crippen molar-refractivity contribution in [3.63, 3.8) is 0 Å². The molecule has 126 valence electrons. The van der Waals surface area contributed by atoms with E-state index in [1.165, 1.54) is 11.4 Å². The van der Waals surface area contributed by atoms with Gasteiger partial charge in [-0.2, -0.15) is 0 Å². The maximum Gasteiger partial charge on any atom is 0.266 e. The summed E-state index contributed by atoms with van der Waals surface area (Å²) in [6, 6.07) is 12.2. The van der Waals surface area contributed by atoms with Crippen LogP contribution < -0.4 is 9.04 Å². The van der Waals surface area contributed by atoms with Gasteiger partial charge in [0.15, 0.2) is 0 Å². The van der Waals surface area contributed by atoms with E-state index in [0.717, 1.165) is 16.5 Å². The van der Waals surface area contributed by atoms with Crippen molar-refractivity contribution in [1.29, 1.82) is 0 Å². The summed E-state index contributed by atoms with van der Waals surface area (Å²) in [4.78, 5) is 0.230. The van der Waals surface area contributed by atoms with Crippen LogP contribution in [0, 0.1) is 13.8 Å². The normalized spacial score (nSPS) is 11.7. The van der Waals surface area contributed by atoms with E-state index in [1.54, 1.807) is 37.4 Å². The molecule has 0 saturated carbocycles. The average Bonchev–Trinajstić information content (AvgIpc) is 2.90. The summed E-state index contributed by atoms with van der Waals surface area (Å²) in [5.41, 5.74) is 2.36. The van der Waals surface area contributed by atoms with E-state index in [2.05, 4.69) is 0 Å². The average molecular weight is 345 g/mol. The molecule has 0 spiro atoms. The molecule has 1 aromatic heterocycles. The third kappa shape index (κ3) is 2.63. The Hall–Kier alpha value is -2.47. The zero-order valence-electron chi connectivity index (χ0n) is 14.0. The lowest BCUT2D eigenvalue weighted by atomic mass is 10.2. The SMILES string of the molecule is COc1ccc2c(C)c(N(C)S(=O)(=O)c3ccc(C)cc3)oc2c1. The highest BCUT2D eigenvalue weighted by atomic mass is 32.2. The Labute approximate surface area is 141 Å². The molecule has 0 radical (unpaired) electrons. The van der Waals surface area contributed by atoms with Crippen LogP contribution in [-0.2, 0) is 10.0 Å². The molecule has 0 aliphatic carbocycles. The van der Waals surface area contributed by atoms with E-state index in [1.807, 2.05) is 26.0 Å². The quantitative estimate of drug-likeness (QED) is 0.720. The Balaban J connectivity index is 2.09. The summed E-state index contributed by atoms with van der Waals surface area (Å²) in [5.74, 6) is 0.964. The van der Waals surface area contributed by atoms with Crippen LogP contribution in [0.15, 0.2) is 51.8 Å². The van der Waals surface area contributed by atoms with Gasteiger partial charge in [-0.3, -0.25) is 0 Å². The monoisotopic (exact) mass is 345 g/mol. The molecule has 6 heteroatoms. The first-order valence-electron chi connectivity index (χ1n) is 7.47. The number of hydrogen-bond donors (Lipinski definition) is 0. The lowest BCUT2D eigenvalue weighted by molar-refractivity contribution is 0.414. The Kier molecular flexibility index (Phi) is 4.01. The number of furan rings is 1. The number of rotatable bonds is 4. The predicted octanol–water partition coefficient (Wildman–Crippen LogP) is 3.88. The van der Waals surface area contributed by atoms with E-state index >= 15 is 0 Å². The number of ether oxygens (including phenoxy) is 1. The second-order valence-electron chi connectivity index (χ2n) is 5.68. The minimum Gasteiger partial charge on any atom is -0.497 e. The fraction of sp³-hybridized carbons (Fsp3) is 0.222. The maximum absolute atomic E-state index is 12.8. The molecule has 0 bridgehead atoms. The molecular formula is C18H19NO4S. The van der Waals surface area contributed by atoms with Crippen LogP contribution in [0.5, 0.6) is 5.75 Å².